The van der Waals surface area contributed by atoms with E-state index in [4.69, 9.17) is 4.52 Å². The summed E-state index contributed by atoms with van der Waals surface area (Å²) in [5.74, 6) is 0.427. The first-order chi connectivity index (χ1) is 13.6. The molecule has 28 heavy (non-hydrogen) atoms. The maximum absolute atomic E-state index is 13.1. The largest absolute Gasteiger partial charge is 0.341 e. The molecule has 6 nitrogen and oxygen atoms in total. The van der Waals surface area contributed by atoms with Crippen LogP contribution in [0.5, 0.6) is 0 Å². The molecule has 1 N–H and O–H groups in total. The Morgan fingerprint density at radius 2 is 1.93 bits per heavy atom. The Kier molecular flexibility index (Phi) is 5.14. The lowest BCUT2D eigenvalue weighted by atomic mass is 9.81. The molecule has 1 fully saturated rings. The van der Waals surface area contributed by atoms with Gasteiger partial charge >= 0.3 is 0 Å². The minimum atomic E-state index is -0.664. The van der Waals surface area contributed by atoms with E-state index >= 15 is 0 Å². The number of amides is 1. The normalized spacial score (nSPS) is 15.9. The van der Waals surface area contributed by atoms with Crippen LogP contribution < -0.4 is 5.32 Å². The number of nitrogens with one attached hydrogen (secondary N) is 1. The highest BCUT2D eigenvalue weighted by molar-refractivity contribution is 5.79. The average Bonchev–Trinajstić information content (AvgIpc) is 3.22. The Bertz CT molecular complexity index is 935. The number of carbonyl (C=O) groups is 1. The molecule has 1 aliphatic rings. The van der Waals surface area contributed by atoms with Crippen LogP contribution in [-0.4, -0.2) is 21.0 Å². The summed E-state index contributed by atoms with van der Waals surface area (Å²) >= 11 is 0. The van der Waals surface area contributed by atoms with Gasteiger partial charge in [0.05, 0.1) is 6.42 Å². The Hall–Kier alpha value is -3.09. The Balaban J connectivity index is 1.56. The van der Waals surface area contributed by atoms with Crippen molar-refractivity contribution in [2.45, 2.75) is 44.1 Å². The highest BCUT2D eigenvalue weighted by Crippen LogP contribution is 2.37. The van der Waals surface area contributed by atoms with Gasteiger partial charge in [-0.1, -0.05) is 36.6 Å². The third kappa shape index (κ3) is 3.93. The molecule has 0 aliphatic heterocycles. The number of nitrogens with zero attached hydrogens (tertiary/aromatic N) is 3. The van der Waals surface area contributed by atoms with Crippen LogP contribution in [0.1, 0.15) is 43.6 Å². The molecule has 0 atom stereocenters. The summed E-state index contributed by atoms with van der Waals surface area (Å²) in [4.78, 5) is 21.4. The van der Waals surface area contributed by atoms with E-state index < -0.39 is 5.54 Å². The monoisotopic (exact) mass is 380 g/mol. The van der Waals surface area contributed by atoms with Gasteiger partial charge in [-0.05, 0) is 42.7 Å². The van der Waals surface area contributed by atoms with Crippen LogP contribution in [0.4, 0.5) is 4.39 Å². The molecule has 2 heterocycles. The number of benzene rings is 1. The fourth-order valence-corrected chi connectivity index (χ4v) is 3.68. The van der Waals surface area contributed by atoms with E-state index in [-0.39, 0.29) is 18.1 Å². The van der Waals surface area contributed by atoms with Gasteiger partial charge in [-0.2, -0.15) is 4.98 Å². The molecule has 0 saturated heterocycles. The zero-order valence-corrected chi connectivity index (χ0v) is 15.4. The number of halogens is 1. The van der Waals surface area contributed by atoms with Crippen molar-refractivity contribution in [1.82, 2.24) is 20.4 Å². The van der Waals surface area contributed by atoms with Crippen molar-refractivity contribution in [2.24, 2.45) is 0 Å². The molecule has 0 unspecified atom stereocenters. The highest BCUT2D eigenvalue weighted by Gasteiger charge is 2.40. The molecule has 4 rings (SSSR count). The standard InChI is InChI=1S/C21H21FN4O2/c22-17-8-6-15(7-9-17)13-18(27)25-21(10-2-1-3-11-21)20-24-19(26-28-20)16-5-4-12-23-14-16/h4-9,12,14H,1-3,10-11,13H2,(H,25,27). The van der Waals surface area contributed by atoms with Gasteiger partial charge < -0.3 is 9.84 Å². The molecule has 0 radical (unpaired) electrons. The fourth-order valence-electron chi connectivity index (χ4n) is 3.68. The summed E-state index contributed by atoms with van der Waals surface area (Å²) in [6, 6.07) is 9.63. The first-order valence-corrected chi connectivity index (χ1v) is 9.45. The molecular formula is C21H21FN4O2. The van der Waals surface area contributed by atoms with Crippen molar-refractivity contribution in [3.8, 4) is 11.4 Å². The fraction of sp³-hybridized carbons (Fsp3) is 0.333. The lowest BCUT2D eigenvalue weighted by Crippen LogP contribution is -2.48. The first kappa shape index (κ1) is 18.3. The van der Waals surface area contributed by atoms with E-state index in [9.17, 15) is 9.18 Å². The smallest absolute Gasteiger partial charge is 0.252 e. The number of rotatable bonds is 5. The summed E-state index contributed by atoms with van der Waals surface area (Å²) < 4.78 is 18.7. The zero-order chi connectivity index (χ0) is 19.4. The molecule has 1 saturated carbocycles. The highest BCUT2D eigenvalue weighted by atomic mass is 19.1. The Labute approximate surface area is 162 Å². The lowest BCUT2D eigenvalue weighted by molar-refractivity contribution is -0.123. The quantitative estimate of drug-likeness (QED) is 0.728. The van der Waals surface area contributed by atoms with Crippen molar-refractivity contribution in [3.05, 3.63) is 66.1 Å². The van der Waals surface area contributed by atoms with Crippen LogP contribution in [-0.2, 0) is 16.8 Å². The van der Waals surface area contributed by atoms with Gasteiger partial charge in [-0.15, -0.1) is 0 Å². The number of hydrogen-bond acceptors (Lipinski definition) is 5. The van der Waals surface area contributed by atoms with Gasteiger partial charge in [-0.3, -0.25) is 9.78 Å². The molecular weight excluding hydrogens is 359 g/mol. The van der Waals surface area contributed by atoms with E-state index in [1.807, 2.05) is 12.1 Å². The second-order valence-electron chi connectivity index (χ2n) is 7.16. The average molecular weight is 380 g/mol. The van der Waals surface area contributed by atoms with Gasteiger partial charge in [0.15, 0.2) is 0 Å². The third-order valence-corrected chi connectivity index (χ3v) is 5.12. The molecule has 1 amide bonds. The number of pyridine rings is 1. The van der Waals surface area contributed by atoms with Crippen molar-refractivity contribution in [1.29, 1.82) is 0 Å². The number of aromatic nitrogens is 3. The van der Waals surface area contributed by atoms with Crippen LogP contribution in [0.2, 0.25) is 0 Å². The van der Waals surface area contributed by atoms with Crippen LogP contribution in [0.3, 0.4) is 0 Å². The van der Waals surface area contributed by atoms with Gasteiger partial charge in [0, 0.05) is 18.0 Å². The summed E-state index contributed by atoms with van der Waals surface area (Å²) in [6.07, 6.45) is 8.08. The maximum Gasteiger partial charge on any atom is 0.252 e. The second kappa shape index (κ2) is 7.88. The molecule has 1 aliphatic carbocycles. The van der Waals surface area contributed by atoms with Crippen molar-refractivity contribution >= 4 is 5.91 Å². The molecule has 1 aromatic carbocycles. The van der Waals surface area contributed by atoms with Crippen LogP contribution >= 0.6 is 0 Å². The Morgan fingerprint density at radius 3 is 2.64 bits per heavy atom. The minimum absolute atomic E-state index is 0.144. The Morgan fingerprint density at radius 1 is 1.14 bits per heavy atom. The van der Waals surface area contributed by atoms with E-state index in [1.165, 1.54) is 12.1 Å². The van der Waals surface area contributed by atoms with Crippen molar-refractivity contribution in [2.75, 3.05) is 0 Å². The number of hydrogen-bond donors (Lipinski definition) is 1. The number of carbonyl (C=O) groups excluding carboxylic acids is 1. The van der Waals surface area contributed by atoms with E-state index in [0.29, 0.717) is 11.7 Å². The van der Waals surface area contributed by atoms with Crippen LogP contribution in [0, 0.1) is 5.82 Å². The third-order valence-electron chi connectivity index (χ3n) is 5.12. The summed E-state index contributed by atoms with van der Waals surface area (Å²) in [7, 11) is 0. The SMILES string of the molecule is O=C(Cc1ccc(F)cc1)NC1(c2nc(-c3cccnc3)no2)CCCCC1. The van der Waals surface area contributed by atoms with Gasteiger partial charge in [0.1, 0.15) is 11.4 Å². The van der Waals surface area contributed by atoms with Crippen molar-refractivity contribution in [3.63, 3.8) is 0 Å². The molecule has 0 bridgehead atoms. The lowest BCUT2D eigenvalue weighted by Gasteiger charge is -2.34. The van der Waals surface area contributed by atoms with E-state index in [2.05, 4.69) is 20.4 Å². The molecule has 7 heteroatoms. The maximum atomic E-state index is 13.1. The molecule has 0 spiro atoms. The predicted molar refractivity (Wildman–Crippen MR) is 101 cm³/mol. The summed E-state index contributed by atoms with van der Waals surface area (Å²) in [5.41, 5.74) is 0.857. The molecule has 3 aromatic rings. The zero-order valence-electron chi connectivity index (χ0n) is 15.4. The van der Waals surface area contributed by atoms with Gasteiger partial charge in [0.25, 0.3) is 5.89 Å². The van der Waals surface area contributed by atoms with Gasteiger partial charge in [0.2, 0.25) is 11.7 Å². The topological polar surface area (TPSA) is 80.9 Å². The summed E-state index contributed by atoms with van der Waals surface area (Å²) in [6.45, 7) is 0. The molecule has 144 valence electrons. The minimum Gasteiger partial charge on any atom is -0.341 e. The van der Waals surface area contributed by atoms with E-state index in [0.717, 1.165) is 43.2 Å². The first-order valence-electron chi connectivity index (χ1n) is 9.45. The summed E-state index contributed by atoms with van der Waals surface area (Å²) in [5, 5.41) is 7.22. The van der Waals surface area contributed by atoms with E-state index in [1.54, 1.807) is 24.5 Å². The van der Waals surface area contributed by atoms with Crippen molar-refractivity contribution < 1.29 is 13.7 Å². The van der Waals surface area contributed by atoms with Gasteiger partial charge in [-0.25, -0.2) is 4.39 Å². The van der Waals surface area contributed by atoms with Crippen LogP contribution in [0.25, 0.3) is 11.4 Å². The second-order valence-corrected chi connectivity index (χ2v) is 7.16. The molecule has 2 aromatic heterocycles. The predicted octanol–water partition coefficient (Wildman–Crippen LogP) is 3.79. The van der Waals surface area contributed by atoms with Crippen LogP contribution in [0.15, 0.2) is 53.3 Å².